The Kier molecular flexibility index (Phi) is 4.54. The van der Waals surface area contributed by atoms with Gasteiger partial charge in [0.2, 0.25) is 5.91 Å². The van der Waals surface area contributed by atoms with Gasteiger partial charge in [-0.3, -0.25) is 15.4 Å². The molecule has 128 valence electrons. The van der Waals surface area contributed by atoms with Gasteiger partial charge in [-0.05, 0) is 41.5 Å². The second-order valence-corrected chi connectivity index (χ2v) is 5.75. The minimum absolute atomic E-state index is 0.136. The standard InChI is InChI=1S/C19H19N3O3/c1-11(23)21-16-5-3-4-13-10-15(19(24)17(13)16)18(22-20)12-6-8-14(25-2)9-7-12/h3-9,22H,10,20H2,1-2H3,(H,21,23)/b18-15+. The van der Waals surface area contributed by atoms with Crippen molar-refractivity contribution in [3.8, 4) is 5.75 Å². The average Bonchev–Trinajstić information content (AvgIpc) is 2.94. The zero-order chi connectivity index (χ0) is 18.0. The quantitative estimate of drug-likeness (QED) is 0.452. The van der Waals surface area contributed by atoms with E-state index in [1.165, 1.54) is 6.92 Å². The number of ketones is 1. The van der Waals surface area contributed by atoms with Crippen LogP contribution in [0, 0.1) is 0 Å². The molecular weight excluding hydrogens is 318 g/mol. The topological polar surface area (TPSA) is 93.4 Å². The van der Waals surface area contributed by atoms with Crippen LogP contribution in [0.5, 0.6) is 5.75 Å². The number of carbonyl (C=O) groups excluding carboxylic acids is 2. The van der Waals surface area contributed by atoms with Gasteiger partial charge < -0.3 is 15.5 Å². The van der Waals surface area contributed by atoms with Crippen molar-refractivity contribution in [3.05, 3.63) is 64.7 Å². The number of ether oxygens (including phenoxy) is 1. The summed E-state index contributed by atoms with van der Waals surface area (Å²) in [6, 6.07) is 12.7. The Hall–Kier alpha value is -3.12. The largest absolute Gasteiger partial charge is 0.497 e. The number of nitrogens with two attached hydrogens (primary N) is 1. The zero-order valence-electron chi connectivity index (χ0n) is 14.1. The number of carbonyl (C=O) groups is 2. The average molecular weight is 337 g/mol. The predicted molar refractivity (Wildman–Crippen MR) is 96.0 cm³/mol. The summed E-state index contributed by atoms with van der Waals surface area (Å²) in [5.74, 6) is 6.08. The zero-order valence-corrected chi connectivity index (χ0v) is 14.1. The van der Waals surface area contributed by atoms with Crippen LogP contribution in [0.25, 0.3) is 5.70 Å². The number of rotatable bonds is 4. The number of fused-ring (bicyclic) bond motifs is 1. The Morgan fingerprint density at radius 3 is 2.48 bits per heavy atom. The third-order valence-electron chi connectivity index (χ3n) is 4.15. The minimum atomic E-state index is -0.217. The van der Waals surface area contributed by atoms with E-state index in [4.69, 9.17) is 10.6 Å². The van der Waals surface area contributed by atoms with Crippen LogP contribution in [0.3, 0.4) is 0 Å². The van der Waals surface area contributed by atoms with Gasteiger partial charge in [0, 0.05) is 24.5 Å². The first-order chi connectivity index (χ1) is 12.0. The summed E-state index contributed by atoms with van der Waals surface area (Å²) in [4.78, 5) is 24.4. The van der Waals surface area contributed by atoms with Crippen molar-refractivity contribution < 1.29 is 14.3 Å². The van der Waals surface area contributed by atoms with Crippen LogP contribution in [0.15, 0.2) is 48.0 Å². The summed E-state index contributed by atoms with van der Waals surface area (Å²) < 4.78 is 5.16. The summed E-state index contributed by atoms with van der Waals surface area (Å²) in [5, 5.41) is 2.72. The Morgan fingerprint density at radius 1 is 1.16 bits per heavy atom. The Labute approximate surface area is 145 Å². The number of nitrogens with one attached hydrogen (secondary N) is 2. The van der Waals surface area contributed by atoms with Gasteiger partial charge in [-0.15, -0.1) is 0 Å². The van der Waals surface area contributed by atoms with E-state index in [0.717, 1.165) is 16.9 Å². The SMILES string of the molecule is COc1ccc(/C(NN)=C2/Cc3cccc(NC(C)=O)c3C2=O)cc1. The molecule has 0 fully saturated rings. The summed E-state index contributed by atoms with van der Waals surface area (Å²) in [7, 11) is 1.59. The molecule has 4 N–H and O–H groups in total. The molecule has 25 heavy (non-hydrogen) atoms. The van der Waals surface area contributed by atoms with E-state index in [0.29, 0.717) is 28.9 Å². The highest BCUT2D eigenvalue weighted by Crippen LogP contribution is 2.35. The molecule has 0 bridgehead atoms. The van der Waals surface area contributed by atoms with E-state index >= 15 is 0 Å². The van der Waals surface area contributed by atoms with E-state index in [1.54, 1.807) is 13.2 Å². The molecule has 0 spiro atoms. The molecule has 0 aromatic heterocycles. The molecule has 2 aromatic rings. The van der Waals surface area contributed by atoms with Gasteiger partial charge in [0.15, 0.2) is 5.78 Å². The highest BCUT2D eigenvalue weighted by atomic mass is 16.5. The van der Waals surface area contributed by atoms with Gasteiger partial charge in [0.1, 0.15) is 5.75 Å². The molecule has 0 heterocycles. The number of benzene rings is 2. The summed E-state index contributed by atoms with van der Waals surface area (Å²) >= 11 is 0. The van der Waals surface area contributed by atoms with Crippen LogP contribution in [0.2, 0.25) is 0 Å². The fourth-order valence-electron chi connectivity index (χ4n) is 3.04. The summed E-state index contributed by atoms with van der Waals surface area (Å²) in [5.41, 5.74) is 6.50. The summed E-state index contributed by atoms with van der Waals surface area (Å²) in [6.45, 7) is 1.42. The second-order valence-electron chi connectivity index (χ2n) is 5.75. The van der Waals surface area contributed by atoms with Crippen molar-refractivity contribution in [2.24, 2.45) is 5.84 Å². The van der Waals surface area contributed by atoms with E-state index < -0.39 is 0 Å². The Bertz CT molecular complexity index is 870. The number of amides is 1. The van der Waals surface area contributed by atoms with Crippen LogP contribution in [-0.2, 0) is 11.2 Å². The molecule has 2 aromatic carbocycles. The molecule has 0 saturated carbocycles. The first-order valence-corrected chi connectivity index (χ1v) is 7.83. The lowest BCUT2D eigenvalue weighted by Gasteiger charge is -2.11. The molecule has 1 aliphatic carbocycles. The lowest BCUT2D eigenvalue weighted by Crippen LogP contribution is -2.23. The van der Waals surface area contributed by atoms with Gasteiger partial charge in [-0.25, -0.2) is 0 Å². The maximum absolute atomic E-state index is 13.0. The summed E-state index contributed by atoms with van der Waals surface area (Å²) in [6.07, 6.45) is 0.452. The molecule has 0 saturated heterocycles. The van der Waals surface area contributed by atoms with E-state index in [9.17, 15) is 9.59 Å². The van der Waals surface area contributed by atoms with E-state index in [2.05, 4.69) is 10.7 Å². The van der Waals surface area contributed by atoms with Crippen LogP contribution < -0.4 is 21.3 Å². The smallest absolute Gasteiger partial charge is 0.221 e. The number of hydrazine groups is 1. The number of hydrogen-bond donors (Lipinski definition) is 3. The van der Waals surface area contributed by atoms with Crippen LogP contribution >= 0.6 is 0 Å². The monoisotopic (exact) mass is 337 g/mol. The lowest BCUT2D eigenvalue weighted by atomic mass is 10.0. The van der Waals surface area contributed by atoms with Crippen molar-refractivity contribution in [1.29, 1.82) is 0 Å². The highest BCUT2D eigenvalue weighted by molar-refractivity contribution is 6.20. The maximum atomic E-state index is 13.0. The van der Waals surface area contributed by atoms with Crippen molar-refractivity contribution in [1.82, 2.24) is 5.43 Å². The van der Waals surface area contributed by atoms with Crippen molar-refractivity contribution in [3.63, 3.8) is 0 Å². The number of allylic oxidation sites excluding steroid dienone is 1. The lowest BCUT2D eigenvalue weighted by molar-refractivity contribution is -0.114. The maximum Gasteiger partial charge on any atom is 0.221 e. The molecule has 1 aliphatic rings. The van der Waals surface area contributed by atoms with Crippen molar-refractivity contribution >= 4 is 23.1 Å². The van der Waals surface area contributed by atoms with Gasteiger partial charge in [0.25, 0.3) is 0 Å². The molecule has 6 nitrogen and oxygen atoms in total. The van der Waals surface area contributed by atoms with Gasteiger partial charge >= 0.3 is 0 Å². The molecule has 0 unspecified atom stereocenters. The predicted octanol–water partition coefficient (Wildman–Crippen LogP) is 2.27. The number of hydrogen-bond acceptors (Lipinski definition) is 5. The number of methoxy groups -OCH3 is 1. The first kappa shape index (κ1) is 16.7. The van der Waals surface area contributed by atoms with E-state index in [-0.39, 0.29) is 11.7 Å². The third kappa shape index (κ3) is 3.12. The normalized spacial score (nSPS) is 14.8. The van der Waals surface area contributed by atoms with E-state index in [1.807, 2.05) is 36.4 Å². The van der Waals surface area contributed by atoms with Crippen LogP contribution in [0.1, 0.15) is 28.4 Å². The number of Topliss-reactive ketones (excluding diaryl/α,β-unsaturated/α-hetero) is 1. The molecule has 6 heteroatoms. The number of anilines is 1. The Balaban J connectivity index is 2.06. The molecular formula is C19H19N3O3. The molecule has 1 amide bonds. The first-order valence-electron chi connectivity index (χ1n) is 7.83. The Morgan fingerprint density at radius 2 is 1.88 bits per heavy atom. The fourth-order valence-corrected chi connectivity index (χ4v) is 3.04. The minimum Gasteiger partial charge on any atom is -0.497 e. The molecule has 0 atom stereocenters. The van der Waals surface area contributed by atoms with Crippen molar-refractivity contribution in [2.45, 2.75) is 13.3 Å². The van der Waals surface area contributed by atoms with Gasteiger partial charge in [-0.2, -0.15) is 0 Å². The third-order valence-corrected chi connectivity index (χ3v) is 4.15. The molecule has 3 rings (SSSR count). The highest BCUT2D eigenvalue weighted by Gasteiger charge is 2.30. The van der Waals surface area contributed by atoms with Crippen LogP contribution in [-0.4, -0.2) is 18.8 Å². The second kappa shape index (κ2) is 6.78. The molecule has 0 aliphatic heterocycles. The fraction of sp³-hybridized carbons (Fsp3) is 0.158. The van der Waals surface area contributed by atoms with Crippen LogP contribution in [0.4, 0.5) is 5.69 Å². The van der Waals surface area contributed by atoms with Crippen molar-refractivity contribution in [2.75, 3.05) is 12.4 Å². The van der Waals surface area contributed by atoms with Gasteiger partial charge in [0.05, 0.1) is 18.5 Å². The molecule has 0 radical (unpaired) electrons. The van der Waals surface area contributed by atoms with Gasteiger partial charge in [-0.1, -0.05) is 12.1 Å².